The summed E-state index contributed by atoms with van der Waals surface area (Å²) in [6.45, 7) is 0.274. The highest BCUT2D eigenvalue weighted by Crippen LogP contribution is 2.41. The molecule has 0 fully saturated rings. The molecule has 0 amide bonds. The van der Waals surface area contributed by atoms with Crippen molar-refractivity contribution >= 4 is 12.3 Å². The summed E-state index contributed by atoms with van der Waals surface area (Å²) in [6.07, 6.45) is 7.04. The molecule has 0 radical (unpaired) electrons. The van der Waals surface area contributed by atoms with Gasteiger partial charge >= 0.3 is 5.97 Å². The third kappa shape index (κ3) is 2.79. The summed E-state index contributed by atoms with van der Waals surface area (Å²) < 4.78 is 4.50. The highest BCUT2D eigenvalue weighted by atomic mass is 16.6. The van der Waals surface area contributed by atoms with Crippen LogP contribution in [0.2, 0.25) is 0 Å². The lowest BCUT2D eigenvalue weighted by Crippen LogP contribution is -2.16. The molecule has 5 nitrogen and oxygen atoms in total. The quantitative estimate of drug-likeness (QED) is 0.332. The number of rotatable bonds is 6. The number of nitrogens with one attached hydrogen (secondary N) is 1. The Morgan fingerprint density at radius 3 is 3.17 bits per heavy atom. The molecule has 0 spiro atoms. The normalized spacial score (nSPS) is 25.2. The highest BCUT2D eigenvalue weighted by Gasteiger charge is 2.33. The van der Waals surface area contributed by atoms with Crippen LogP contribution >= 0.6 is 0 Å². The zero-order valence-corrected chi connectivity index (χ0v) is 10.3. The molecule has 0 aromatic rings. The number of carbonyl (C=O) groups is 2. The lowest BCUT2D eigenvalue weighted by atomic mass is 9.95. The van der Waals surface area contributed by atoms with Crippen LogP contribution in [0.4, 0.5) is 0 Å². The van der Waals surface area contributed by atoms with E-state index in [1.54, 1.807) is 0 Å². The van der Waals surface area contributed by atoms with Crippen molar-refractivity contribution in [2.75, 3.05) is 13.7 Å². The first-order valence-electron chi connectivity index (χ1n) is 6.05. The average molecular weight is 251 g/mol. The van der Waals surface area contributed by atoms with Gasteiger partial charge in [0.1, 0.15) is 6.29 Å². The number of esters is 1. The molecule has 5 heteroatoms. The lowest BCUT2D eigenvalue weighted by Gasteiger charge is -2.09. The minimum atomic E-state index is -0.291. The fraction of sp³-hybridized carbons (Fsp3) is 0.538. The van der Waals surface area contributed by atoms with Crippen molar-refractivity contribution in [3.05, 3.63) is 23.4 Å². The molecule has 2 aliphatic rings. The van der Waals surface area contributed by atoms with Crippen molar-refractivity contribution in [2.45, 2.75) is 19.3 Å². The minimum Gasteiger partial charge on any atom is -0.469 e. The molecule has 0 heterocycles. The Morgan fingerprint density at radius 1 is 1.61 bits per heavy atom. The van der Waals surface area contributed by atoms with Gasteiger partial charge in [-0.1, -0.05) is 12.2 Å². The predicted molar refractivity (Wildman–Crippen MR) is 64.2 cm³/mol. The Morgan fingerprint density at radius 2 is 2.44 bits per heavy atom. The average Bonchev–Trinajstić information content (AvgIpc) is 2.93. The van der Waals surface area contributed by atoms with E-state index in [9.17, 15) is 9.59 Å². The molecule has 2 rings (SSSR count). The molecule has 0 unspecified atom stereocenters. The van der Waals surface area contributed by atoms with E-state index >= 15 is 0 Å². The van der Waals surface area contributed by atoms with Crippen LogP contribution in [0.25, 0.3) is 0 Å². The van der Waals surface area contributed by atoms with E-state index in [-0.39, 0.29) is 24.9 Å². The van der Waals surface area contributed by atoms with E-state index in [4.69, 9.17) is 4.84 Å². The van der Waals surface area contributed by atoms with Gasteiger partial charge in [0.15, 0.2) is 0 Å². The van der Waals surface area contributed by atoms with Crippen LogP contribution < -0.4 is 5.48 Å². The summed E-state index contributed by atoms with van der Waals surface area (Å²) in [5.41, 5.74) is 4.70. The van der Waals surface area contributed by atoms with Crippen molar-refractivity contribution in [1.29, 1.82) is 0 Å². The van der Waals surface area contributed by atoms with Gasteiger partial charge in [0.25, 0.3) is 0 Å². The standard InChI is InChI=1S/C13H17NO4/c1-17-13(16)4-5-18-14-11-6-9-2-3-10(8-15)12(9)7-11/h3,7-9,12,14H,2,4-6H2,1H3/t9-,12+/m0/s1. The molecule has 0 saturated heterocycles. The van der Waals surface area contributed by atoms with E-state index < -0.39 is 0 Å². The summed E-state index contributed by atoms with van der Waals surface area (Å²) in [5, 5.41) is 0. The van der Waals surface area contributed by atoms with E-state index in [0.717, 1.165) is 30.4 Å². The first kappa shape index (κ1) is 12.8. The topological polar surface area (TPSA) is 64.6 Å². The number of ether oxygens (including phenoxy) is 1. The van der Waals surface area contributed by atoms with Crippen molar-refractivity contribution in [1.82, 2.24) is 5.48 Å². The van der Waals surface area contributed by atoms with Crippen LogP contribution in [-0.4, -0.2) is 26.0 Å². The van der Waals surface area contributed by atoms with Gasteiger partial charge in [-0.05, 0) is 24.3 Å². The van der Waals surface area contributed by atoms with Crippen LogP contribution in [0.3, 0.4) is 0 Å². The number of carbonyl (C=O) groups excluding carboxylic acids is 2. The summed E-state index contributed by atoms with van der Waals surface area (Å²) >= 11 is 0. The molecule has 0 aliphatic heterocycles. The number of aldehydes is 1. The van der Waals surface area contributed by atoms with Crippen molar-refractivity contribution in [3.8, 4) is 0 Å². The molecule has 0 aromatic heterocycles. The fourth-order valence-electron chi connectivity index (χ4n) is 2.43. The van der Waals surface area contributed by atoms with Crippen LogP contribution in [0, 0.1) is 11.8 Å². The Bertz CT molecular complexity index is 400. The summed E-state index contributed by atoms with van der Waals surface area (Å²) in [6, 6.07) is 0. The molecule has 0 bridgehead atoms. The van der Waals surface area contributed by atoms with Gasteiger partial charge in [0.05, 0.1) is 20.1 Å². The number of hydrogen-bond acceptors (Lipinski definition) is 5. The zero-order chi connectivity index (χ0) is 13.0. The number of fused-ring (bicyclic) bond motifs is 1. The number of methoxy groups -OCH3 is 1. The number of hydrogen-bond donors (Lipinski definition) is 1. The lowest BCUT2D eigenvalue weighted by molar-refractivity contribution is -0.142. The van der Waals surface area contributed by atoms with Crippen LogP contribution in [0.5, 0.6) is 0 Å². The Kier molecular flexibility index (Phi) is 4.15. The summed E-state index contributed by atoms with van der Waals surface area (Å²) in [7, 11) is 1.35. The van der Waals surface area contributed by atoms with Gasteiger partial charge in [-0.2, -0.15) is 0 Å². The molecule has 2 atom stereocenters. The number of allylic oxidation sites excluding steroid dienone is 4. The van der Waals surface area contributed by atoms with Crippen molar-refractivity contribution in [3.63, 3.8) is 0 Å². The maximum absolute atomic E-state index is 10.9. The second-order valence-electron chi connectivity index (χ2n) is 4.52. The SMILES string of the molecule is COC(=O)CCONC1=C[C@H]2C(C=O)=CC[C@H]2C1. The minimum absolute atomic E-state index is 0.225. The predicted octanol–water partition coefficient (Wildman–Crippen LogP) is 1.12. The largest absolute Gasteiger partial charge is 0.469 e. The Balaban J connectivity index is 1.74. The first-order valence-corrected chi connectivity index (χ1v) is 6.05. The third-order valence-corrected chi connectivity index (χ3v) is 3.39. The Labute approximate surface area is 106 Å². The maximum atomic E-state index is 10.9. The second kappa shape index (κ2) is 5.82. The van der Waals surface area contributed by atoms with Crippen LogP contribution in [-0.2, 0) is 19.2 Å². The van der Waals surface area contributed by atoms with Gasteiger partial charge in [0, 0.05) is 11.6 Å². The van der Waals surface area contributed by atoms with Crippen LogP contribution in [0.15, 0.2) is 23.4 Å². The van der Waals surface area contributed by atoms with E-state index in [1.165, 1.54) is 7.11 Å². The molecular formula is C13H17NO4. The molecule has 0 aromatic carbocycles. The third-order valence-electron chi connectivity index (χ3n) is 3.39. The van der Waals surface area contributed by atoms with E-state index in [0.29, 0.717) is 5.92 Å². The van der Waals surface area contributed by atoms with Gasteiger partial charge in [-0.15, -0.1) is 0 Å². The Hall–Kier alpha value is -1.62. The van der Waals surface area contributed by atoms with Crippen molar-refractivity contribution < 1.29 is 19.2 Å². The van der Waals surface area contributed by atoms with Gasteiger partial charge in [0.2, 0.25) is 0 Å². The molecule has 98 valence electrons. The maximum Gasteiger partial charge on any atom is 0.307 e. The van der Waals surface area contributed by atoms with E-state index in [2.05, 4.69) is 10.2 Å². The fourth-order valence-corrected chi connectivity index (χ4v) is 2.43. The summed E-state index contributed by atoms with van der Waals surface area (Å²) in [4.78, 5) is 26.9. The molecule has 2 aliphatic carbocycles. The first-order chi connectivity index (χ1) is 8.74. The van der Waals surface area contributed by atoms with E-state index in [1.807, 2.05) is 12.2 Å². The van der Waals surface area contributed by atoms with Crippen molar-refractivity contribution in [2.24, 2.45) is 11.8 Å². The molecule has 1 N–H and O–H groups in total. The second-order valence-corrected chi connectivity index (χ2v) is 4.52. The smallest absolute Gasteiger partial charge is 0.307 e. The van der Waals surface area contributed by atoms with Gasteiger partial charge in [-0.3, -0.25) is 19.9 Å². The zero-order valence-electron chi connectivity index (χ0n) is 10.3. The van der Waals surface area contributed by atoms with Gasteiger partial charge in [-0.25, -0.2) is 0 Å². The molecule has 18 heavy (non-hydrogen) atoms. The number of hydroxylamine groups is 1. The molecule has 0 saturated carbocycles. The van der Waals surface area contributed by atoms with Gasteiger partial charge < -0.3 is 4.74 Å². The highest BCUT2D eigenvalue weighted by molar-refractivity contribution is 5.76. The monoisotopic (exact) mass is 251 g/mol. The van der Waals surface area contributed by atoms with Crippen LogP contribution in [0.1, 0.15) is 19.3 Å². The summed E-state index contributed by atoms with van der Waals surface area (Å²) in [5.74, 6) is 0.423. The molecular weight excluding hydrogens is 234 g/mol.